The lowest BCUT2D eigenvalue weighted by atomic mass is 10.1. The summed E-state index contributed by atoms with van der Waals surface area (Å²) in [4.78, 5) is 37.8. The van der Waals surface area contributed by atoms with E-state index in [1.807, 2.05) is 20.8 Å². The van der Waals surface area contributed by atoms with E-state index in [9.17, 15) is 27.6 Å². The van der Waals surface area contributed by atoms with Gasteiger partial charge in [-0.05, 0) is 45.0 Å². The summed E-state index contributed by atoms with van der Waals surface area (Å²) in [5, 5.41) is 5.20. The largest absolute Gasteiger partial charge is 0.416 e. The molecule has 0 bridgehead atoms. The van der Waals surface area contributed by atoms with Crippen LogP contribution in [0.15, 0.2) is 24.3 Å². The molecule has 1 saturated heterocycles. The number of likely N-dealkylation sites (tertiary alicyclic amines) is 1. The van der Waals surface area contributed by atoms with Crippen molar-refractivity contribution in [1.82, 2.24) is 15.5 Å². The molecule has 2 N–H and O–H groups in total. The molecule has 154 valence electrons. The average molecular weight is 399 g/mol. The fourth-order valence-corrected chi connectivity index (χ4v) is 2.95. The maximum absolute atomic E-state index is 12.5. The molecule has 0 radical (unpaired) electrons. The Morgan fingerprint density at radius 2 is 1.64 bits per heavy atom. The molecule has 1 unspecified atom stereocenters. The molecular weight excluding hydrogens is 375 g/mol. The van der Waals surface area contributed by atoms with Crippen molar-refractivity contribution in [2.75, 3.05) is 19.6 Å². The topological polar surface area (TPSA) is 78.5 Å². The normalized spacial score (nSPS) is 17.6. The summed E-state index contributed by atoms with van der Waals surface area (Å²) in [6.45, 7) is 6.35. The summed E-state index contributed by atoms with van der Waals surface area (Å²) in [5.74, 6) is -1.29. The molecule has 1 aromatic rings. The first-order valence-electron chi connectivity index (χ1n) is 8.93. The van der Waals surface area contributed by atoms with Crippen LogP contribution in [0.5, 0.6) is 0 Å². The van der Waals surface area contributed by atoms with Crippen LogP contribution in [0.4, 0.5) is 13.2 Å². The van der Waals surface area contributed by atoms with E-state index in [0.717, 1.165) is 24.3 Å². The molecule has 3 amide bonds. The highest BCUT2D eigenvalue weighted by Gasteiger charge is 2.39. The second kappa shape index (κ2) is 8.20. The van der Waals surface area contributed by atoms with Gasteiger partial charge in [0, 0.05) is 37.2 Å². The lowest BCUT2D eigenvalue weighted by molar-refractivity contribution is -0.137. The smallest absolute Gasteiger partial charge is 0.354 e. The highest BCUT2D eigenvalue weighted by molar-refractivity contribution is 5.94. The molecule has 0 aromatic heterocycles. The molecule has 6 nitrogen and oxygen atoms in total. The minimum Gasteiger partial charge on any atom is -0.354 e. The quantitative estimate of drug-likeness (QED) is 0.745. The van der Waals surface area contributed by atoms with Gasteiger partial charge in [-0.2, -0.15) is 13.2 Å². The van der Waals surface area contributed by atoms with Gasteiger partial charge in [-0.15, -0.1) is 0 Å². The Bertz CT molecular complexity index is 740. The Balaban J connectivity index is 1.76. The first kappa shape index (κ1) is 21.7. The third-order valence-corrected chi connectivity index (χ3v) is 4.49. The van der Waals surface area contributed by atoms with Gasteiger partial charge in [-0.25, -0.2) is 0 Å². The lowest BCUT2D eigenvalue weighted by Gasteiger charge is -2.31. The SMILES string of the molecule is CC(C)(C)N1CC(C(=O)NCCNC(=O)c2ccc(C(F)(F)F)cc2)CC1=O. The molecule has 9 heteroatoms. The van der Waals surface area contributed by atoms with Gasteiger partial charge in [0.2, 0.25) is 11.8 Å². The standard InChI is InChI=1S/C19H24F3N3O3/c1-18(2,3)25-11-13(10-15(25)26)17(28)24-9-8-23-16(27)12-4-6-14(7-5-12)19(20,21)22/h4-7,13H,8-11H2,1-3H3,(H,23,27)(H,24,28). The van der Waals surface area contributed by atoms with Crippen LogP contribution in [0.3, 0.4) is 0 Å². The third-order valence-electron chi connectivity index (χ3n) is 4.49. The monoisotopic (exact) mass is 399 g/mol. The van der Waals surface area contributed by atoms with Gasteiger partial charge in [-0.3, -0.25) is 14.4 Å². The highest BCUT2D eigenvalue weighted by atomic mass is 19.4. The number of alkyl halides is 3. The molecule has 1 heterocycles. The summed E-state index contributed by atoms with van der Waals surface area (Å²) in [5.41, 5.74) is -1.07. The molecule has 1 fully saturated rings. The average Bonchev–Trinajstić information content (AvgIpc) is 3.00. The summed E-state index contributed by atoms with van der Waals surface area (Å²) in [6, 6.07) is 3.88. The number of benzene rings is 1. The first-order valence-corrected chi connectivity index (χ1v) is 8.93. The fraction of sp³-hybridized carbons (Fsp3) is 0.526. The van der Waals surface area contributed by atoms with Crippen LogP contribution in [-0.2, 0) is 15.8 Å². The minimum atomic E-state index is -4.45. The van der Waals surface area contributed by atoms with Gasteiger partial charge in [0.25, 0.3) is 5.91 Å². The molecule has 28 heavy (non-hydrogen) atoms. The Kier molecular flexibility index (Phi) is 6.36. The van der Waals surface area contributed by atoms with Crippen LogP contribution in [0, 0.1) is 5.92 Å². The van der Waals surface area contributed by atoms with E-state index < -0.39 is 23.6 Å². The predicted molar refractivity (Wildman–Crippen MR) is 96.4 cm³/mol. The van der Waals surface area contributed by atoms with Crippen LogP contribution >= 0.6 is 0 Å². The molecule has 1 aliphatic rings. The summed E-state index contributed by atoms with van der Waals surface area (Å²) < 4.78 is 37.6. The van der Waals surface area contributed by atoms with Crippen molar-refractivity contribution >= 4 is 17.7 Å². The van der Waals surface area contributed by atoms with E-state index in [0.29, 0.717) is 6.54 Å². The van der Waals surface area contributed by atoms with E-state index in [1.165, 1.54) is 0 Å². The number of halogens is 3. The number of carbonyl (C=O) groups excluding carboxylic acids is 3. The number of rotatable bonds is 5. The lowest BCUT2D eigenvalue weighted by Crippen LogP contribution is -2.43. The zero-order chi connectivity index (χ0) is 21.1. The van der Waals surface area contributed by atoms with E-state index in [4.69, 9.17) is 0 Å². The Hall–Kier alpha value is -2.58. The van der Waals surface area contributed by atoms with Gasteiger partial charge in [0.05, 0.1) is 11.5 Å². The zero-order valence-electron chi connectivity index (χ0n) is 16.0. The predicted octanol–water partition coefficient (Wildman–Crippen LogP) is 2.20. The van der Waals surface area contributed by atoms with Crippen LogP contribution in [-0.4, -0.2) is 47.8 Å². The van der Waals surface area contributed by atoms with Crippen molar-refractivity contribution in [3.63, 3.8) is 0 Å². The molecule has 0 spiro atoms. The first-order chi connectivity index (χ1) is 12.9. The van der Waals surface area contributed by atoms with Gasteiger partial charge >= 0.3 is 6.18 Å². The maximum Gasteiger partial charge on any atom is 0.416 e. The number of hydrogen-bond acceptors (Lipinski definition) is 3. The van der Waals surface area contributed by atoms with Crippen molar-refractivity contribution in [2.24, 2.45) is 5.92 Å². The van der Waals surface area contributed by atoms with Gasteiger partial charge < -0.3 is 15.5 Å². The molecule has 2 rings (SSSR count). The molecular formula is C19H24F3N3O3. The Morgan fingerprint density at radius 3 is 2.14 bits per heavy atom. The molecule has 0 aliphatic carbocycles. The van der Waals surface area contributed by atoms with Crippen LogP contribution in [0.2, 0.25) is 0 Å². The van der Waals surface area contributed by atoms with Gasteiger partial charge in [0.15, 0.2) is 0 Å². The molecule has 1 aromatic carbocycles. The number of nitrogens with one attached hydrogen (secondary N) is 2. The second-order valence-corrected chi connectivity index (χ2v) is 7.70. The van der Waals surface area contributed by atoms with E-state index >= 15 is 0 Å². The van der Waals surface area contributed by atoms with E-state index in [2.05, 4.69) is 10.6 Å². The number of amides is 3. The van der Waals surface area contributed by atoms with E-state index in [1.54, 1.807) is 4.90 Å². The molecule has 0 saturated carbocycles. The third kappa shape index (κ3) is 5.46. The van der Waals surface area contributed by atoms with Crippen molar-refractivity contribution in [3.05, 3.63) is 35.4 Å². The van der Waals surface area contributed by atoms with Crippen molar-refractivity contribution < 1.29 is 27.6 Å². The maximum atomic E-state index is 12.5. The zero-order valence-corrected chi connectivity index (χ0v) is 16.0. The Labute approximate surface area is 161 Å². The van der Waals surface area contributed by atoms with Crippen LogP contribution < -0.4 is 10.6 Å². The van der Waals surface area contributed by atoms with Gasteiger partial charge in [-0.1, -0.05) is 0 Å². The van der Waals surface area contributed by atoms with E-state index in [-0.39, 0.29) is 42.4 Å². The van der Waals surface area contributed by atoms with Gasteiger partial charge in [0.1, 0.15) is 0 Å². The van der Waals surface area contributed by atoms with Crippen LogP contribution in [0.1, 0.15) is 43.1 Å². The number of hydrogen-bond donors (Lipinski definition) is 2. The number of carbonyl (C=O) groups is 3. The molecule has 1 atom stereocenters. The summed E-state index contributed by atoms with van der Waals surface area (Å²) >= 11 is 0. The molecule has 1 aliphatic heterocycles. The van der Waals surface area contributed by atoms with Crippen LogP contribution in [0.25, 0.3) is 0 Å². The second-order valence-electron chi connectivity index (χ2n) is 7.70. The fourth-order valence-electron chi connectivity index (χ4n) is 2.95. The minimum absolute atomic E-state index is 0.0664. The van der Waals surface area contributed by atoms with Crippen molar-refractivity contribution in [2.45, 2.75) is 38.9 Å². The van der Waals surface area contributed by atoms with Crippen molar-refractivity contribution in [3.8, 4) is 0 Å². The summed E-state index contributed by atoms with van der Waals surface area (Å²) in [7, 11) is 0. The van der Waals surface area contributed by atoms with Crippen molar-refractivity contribution in [1.29, 1.82) is 0 Å². The number of nitrogens with zero attached hydrogens (tertiary/aromatic N) is 1. The Morgan fingerprint density at radius 1 is 1.07 bits per heavy atom. The highest BCUT2D eigenvalue weighted by Crippen LogP contribution is 2.29. The summed E-state index contributed by atoms with van der Waals surface area (Å²) in [6.07, 6.45) is -4.30.